The third-order valence-electron chi connectivity index (χ3n) is 3.55. The van der Waals surface area contributed by atoms with E-state index in [4.69, 9.17) is 16.3 Å². The quantitative estimate of drug-likeness (QED) is 0.574. The van der Waals surface area contributed by atoms with E-state index in [1.54, 1.807) is 36.0 Å². The lowest BCUT2D eigenvalue weighted by molar-refractivity contribution is -0.119. The molecule has 1 N–H and O–H groups in total. The summed E-state index contributed by atoms with van der Waals surface area (Å²) in [6.07, 6.45) is 0. The van der Waals surface area contributed by atoms with E-state index in [0.29, 0.717) is 16.3 Å². The number of hydrogen-bond acceptors (Lipinski definition) is 4. The van der Waals surface area contributed by atoms with Gasteiger partial charge in [-0.1, -0.05) is 53.7 Å². The van der Waals surface area contributed by atoms with Crippen LogP contribution in [0.25, 0.3) is 0 Å². The first kappa shape index (κ1) is 19.0. The summed E-state index contributed by atoms with van der Waals surface area (Å²) in [4.78, 5) is 26.1. The molecule has 3 rings (SSSR count). The van der Waals surface area contributed by atoms with Crippen molar-refractivity contribution in [3.63, 3.8) is 0 Å². The summed E-state index contributed by atoms with van der Waals surface area (Å²) >= 11 is 7.33. The Bertz CT molecular complexity index is 930. The van der Waals surface area contributed by atoms with Gasteiger partial charge in [0.25, 0.3) is 5.91 Å². The van der Waals surface area contributed by atoms with Crippen LogP contribution in [0.2, 0.25) is 5.02 Å². The fraction of sp³-hybridized carbons (Fsp3) is 0.0476. The number of esters is 1. The average Bonchev–Trinajstić information content (AvgIpc) is 2.69. The van der Waals surface area contributed by atoms with Crippen LogP contribution in [0.1, 0.15) is 10.4 Å². The van der Waals surface area contributed by atoms with E-state index in [1.807, 2.05) is 54.6 Å². The Balaban J connectivity index is 1.59. The van der Waals surface area contributed by atoms with Crippen molar-refractivity contribution >= 4 is 40.9 Å². The van der Waals surface area contributed by atoms with Gasteiger partial charge in [-0.3, -0.25) is 4.79 Å². The molecule has 3 aromatic carbocycles. The molecule has 6 heteroatoms. The van der Waals surface area contributed by atoms with E-state index < -0.39 is 11.9 Å². The molecule has 0 saturated heterocycles. The molecule has 0 bridgehead atoms. The van der Waals surface area contributed by atoms with E-state index in [-0.39, 0.29) is 6.61 Å². The number of para-hydroxylation sites is 1. The number of hydrogen-bond donors (Lipinski definition) is 1. The molecule has 0 aliphatic carbocycles. The Morgan fingerprint density at radius 3 is 2.30 bits per heavy atom. The van der Waals surface area contributed by atoms with Crippen LogP contribution in [0.5, 0.6) is 0 Å². The zero-order chi connectivity index (χ0) is 19.1. The van der Waals surface area contributed by atoms with Crippen molar-refractivity contribution in [2.75, 3.05) is 11.9 Å². The normalized spacial score (nSPS) is 10.3. The van der Waals surface area contributed by atoms with Crippen LogP contribution in [-0.2, 0) is 9.53 Å². The van der Waals surface area contributed by atoms with Crippen LogP contribution in [0, 0.1) is 0 Å². The topological polar surface area (TPSA) is 55.4 Å². The zero-order valence-corrected chi connectivity index (χ0v) is 15.8. The van der Waals surface area contributed by atoms with Crippen LogP contribution in [0.3, 0.4) is 0 Å². The molecule has 0 spiro atoms. The number of amides is 1. The fourth-order valence-electron chi connectivity index (χ4n) is 2.26. The first-order valence-electron chi connectivity index (χ1n) is 8.16. The highest BCUT2D eigenvalue weighted by Gasteiger charge is 2.12. The minimum absolute atomic E-state index is 0.340. The Kier molecular flexibility index (Phi) is 6.52. The Hall–Kier alpha value is -2.76. The molecule has 0 saturated carbocycles. The van der Waals surface area contributed by atoms with Crippen molar-refractivity contribution in [1.82, 2.24) is 0 Å². The maximum absolute atomic E-state index is 12.2. The summed E-state index contributed by atoms with van der Waals surface area (Å²) in [6, 6.07) is 23.6. The summed E-state index contributed by atoms with van der Waals surface area (Å²) in [6.45, 7) is -0.369. The van der Waals surface area contributed by atoms with Gasteiger partial charge in [0.05, 0.1) is 11.3 Å². The maximum atomic E-state index is 12.2. The minimum atomic E-state index is -0.575. The Morgan fingerprint density at radius 1 is 0.889 bits per heavy atom. The third-order valence-corrected chi connectivity index (χ3v) is 4.88. The Labute approximate surface area is 166 Å². The van der Waals surface area contributed by atoms with Gasteiger partial charge in [-0.15, -0.1) is 0 Å². The number of rotatable bonds is 6. The largest absolute Gasteiger partial charge is 0.452 e. The number of anilines is 1. The summed E-state index contributed by atoms with van der Waals surface area (Å²) in [5.41, 5.74) is 1.01. The summed E-state index contributed by atoms with van der Waals surface area (Å²) in [5.74, 6) is -0.979. The molecule has 1 amide bonds. The second-order valence-electron chi connectivity index (χ2n) is 5.54. The molecule has 0 atom stereocenters. The second-order valence-corrected chi connectivity index (χ2v) is 7.09. The maximum Gasteiger partial charge on any atom is 0.338 e. The van der Waals surface area contributed by atoms with Gasteiger partial charge in [0.1, 0.15) is 0 Å². The fourth-order valence-corrected chi connectivity index (χ4v) is 3.31. The smallest absolute Gasteiger partial charge is 0.338 e. The van der Waals surface area contributed by atoms with E-state index in [2.05, 4.69) is 5.32 Å². The Morgan fingerprint density at radius 2 is 1.56 bits per heavy atom. The second kappa shape index (κ2) is 9.26. The first-order chi connectivity index (χ1) is 13.1. The number of carbonyl (C=O) groups excluding carboxylic acids is 2. The van der Waals surface area contributed by atoms with Gasteiger partial charge in [0, 0.05) is 14.8 Å². The highest BCUT2D eigenvalue weighted by molar-refractivity contribution is 7.99. The molecule has 0 unspecified atom stereocenters. The molecular formula is C21H16ClNO3S. The van der Waals surface area contributed by atoms with Crippen LogP contribution in [0.4, 0.5) is 5.69 Å². The molecule has 0 fully saturated rings. The van der Waals surface area contributed by atoms with E-state index in [1.165, 1.54) is 0 Å². The standard InChI is InChI=1S/C21H16ClNO3S/c22-16-12-10-15(11-13-16)21(25)26-14-20(24)23-18-8-4-5-9-19(18)27-17-6-2-1-3-7-17/h1-13H,14H2,(H,23,24). The summed E-state index contributed by atoms with van der Waals surface area (Å²) in [5, 5.41) is 3.31. The number of benzene rings is 3. The lowest BCUT2D eigenvalue weighted by Gasteiger charge is -2.11. The minimum Gasteiger partial charge on any atom is -0.452 e. The van der Waals surface area contributed by atoms with E-state index >= 15 is 0 Å². The summed E-state index contributed by atoms with van der Waals surface area (Å²) < 4.78 is 5.06. The lowest BCUT2D eigenvalue weighted by Crippen LogP contribution is -2.21. The zero-order valence-electron chi connectivity index (χ0n) is 14.2. The highest BCUT2D eigenvalue weighted by Crippen LogP contribution is 2.33. The molecule has 0 aromatic heterocycles. The third kappa shape index (κ3) is 5.61. The molecule has 0 radical (unpaired) electrons. The van der Waals surface area contributed by atoms with Gasteiger partial charge in [-0.25, -0.2) is 4.79 Å². The van der Waals surface area contributed by atoms with Gasteiger partial charge in [-0.2, -0.15) is 0 Å². The predicted octanol–water partition coefficient (Wildman–Crippen LogP) is 5.29. The molecular weight excluding hydrogens is 382 g/mol. The van der Waals surface area contributed by atoms with Crippen molar-refractivity contribution in [3.05, 3.63) is 89.4 Å². The molecule has 136 valence electrons. The van der Waals surface area contributed by atoms with Crippen LogP contribution in [0.15, 0.2) is 88.7 Å². The van der Waals surface area contributed by atoms with Crippen molar-refractivity contribution in [2.24, 2.45) is 0 Å². The summed E-state index contributed by atoms with van der Waals surface area (Å²) in [7, 11) is 0. The first-order valence-corrected chi connectivity index (χ1v) is 9.36. The predicted molar refractivity (Wildman–Crippen MR) is 107 cm³/mol. The van der Waals surface area contributed by atoms with Gasteiger partial charge in [0.2, 0.25) is 0 Å². The van der Waals surface area contributed by atoms with Gasteiger partial charge < -0.3 is 10.1 Å². The van der Waals surface area contributed by atoms with Gasteiger partial charge in [-0.05, 0) is 48.5 Å². The lowest BCUT2D eigenvalue weighted by atomic mass is 10.2. The molecule has 0 heterocycles. The molecule has 4 nitrogen and oxygen atoms in total. The van der Waals surface area contributed by atoms with Crippen LogP contribution in [-0.4, -0.2) is 18.5 Å². The number of carbonyl (C=O) groups is 2. The van der Waals surface area contributed by atoms with Crippen molar-refractivity contribution in [2.45, 2.75) is 9.79 Å². The van der Waals surface area contributed by atoms with E-state index in [0.717, 1.165) is 9.79 Å². The SMILES string of the molecule is O=C(COC(=O)c1ccc(Cl)cc1)Nc1ccccc1Sc1ccccc1. The number of halogens is 1. The van der Waals surface area contributed by atoms with Crippen LogP contribution < -0.4 is 5.32 Å². The van der Waals surface area contributed by atoms with Gasteiger partial charge in [0.15, 0.2) is 6.61 Å². The molecule has 27 heavy (non-hydrogen) atoms. The average molecular weight is 398 g/mol. The van der Waals surface area contributed by atoms with Gasteiger partial charge >= 0.3 is 5.97 Å². The van der Waals surface area contributed by atoms with Crippen molar-refractivity contribution in [3.8, 4) is 0 Å². The monoisotopic (exact) mass is 397 g/mol. The van der Waals surface area contributed by atoms with Crippen LogP contribution >= 0.6 is 23.4 Å². The highest BCUT2D eigenvalue weighted by atomic mass is 35.5. The van der Waals surface area contributed by atoms with Crippen molar-refractivity contribution in [1.29, 1.82) is 0 Å². The number of ether oxygens (including phenoxy) is 1. The number of nitrogens with one attached hydrogen (secondary N) is 1. The molecule has 0 aliphatic rings. The van der Waals surface area contributed by atoms with Crippen molar-refractivity contribution < 1.29 is 14.3 Å². The van der Waals surface area contributed by atoms with E-state index in [9.17, 15) is 9.59 Å². The molecule has 3 aromatic rings. The molecule has 0 aliphatic heterocycles.